The highest BCUT2D eigenvalue weighted by atomic mass is 32.2. The van der Waals surface area contributed by atoms with Crippen molar-refractivity contribution in [3.63, 3.8) is 0 Å². The van der Waals surface area contributed by atoms with Crippen LogP contribution in [0.2, 0.25) is 0 Å². The molecule has 1 aromatic carbocycles. The van der Waals surface area contributed by atoms with Gasteiger partial charge in [0.2, 0.25) is 0 Å². The summed E-state index contributed by atoms with van der Waals surface area (Å²) in [4.78, 5) is 18.5. The Bertz CT molecular complexity index is 837. The molecule has 1 aliphatic heterocycles. The molecule has 1 aromatic heterocycles. The minimum absolute atomic E-state index is 0.00134. The molecule has 6 nitrogen and oxygen atoms in total. The van der Waals surface area contributed by atoms with Crippen LogP contribution in [0.15, 0.2) is 53.7 Å². The summed E-state index contributed by atoms with van der Waals surface area (Å²) in [5.74, 6) is -0.198. The monoisotopic (exact) mass is 345 g/mol. The van der Waals surface area contributed by atoms with Gasteiger partial charge in [-0.2, -0.15) is 0 Å². The van der Waals surface area contributed by atoms with Crippen LogP contribution in [0.5, 0.6) is 0 Å². The van der Waals surface area contributed by atoms with Crippen LogP contribution in [-0.4, -0.2) is 30.8 Å². The fourth-order valence-electron chi connectivity index (χ4n) is 3.06. The quantitative estimate of drug-likeness (QED) is 0.922. The third kappa shape index (κ3) is 3.47. The smallest absolute Gasteiger partial charge is 0.255 e. The van der Waals surface area contributed by atoms with Gasteiger partial charge in [-0.15, -0.1) is 0 Å². The molecule has 2 heterocycles. The minimum Gasteiger partial charge on any atom is -0.332 e. The standard InChI is InChI=1S/C17H19N3O3S/c18-24(22,23)16-12-14(9-10-19-16)17(21)20-11-5-4-8-15(20)13-6-2-1-3-7-13/h1-3,6-7,9-10,12,15H,4-5,8,11H2,(H2,18,22,23). The molecule has 7 heteroatoms. The normalized spacial score (nSPS) is 18.4. The first-order valence-electron chi connectivity index (χ1n) is 7.81. The number of hydrogen-bond donors (Lipinski definition) is 1. The number of pyridine rings is 1. The van der Waals surface area contributed by atoms with Gasteiger partial charge < -0.3 is 4.90 Å². The average molecular weight is 345 g/mol. The van der Waals surface area contributed by atoms with Gasteiger partial charge in [0.25, 0.3) is 15.9 Å². The van der Waals surface area contributed by atoms with Crippen LogP contribution in [0.25, 0.3) is 0 Å². The lowest BCUT2D eigenvalue weighted by molar-refractivity contribution is 0.0611. The van der Waals surface area contributed by atoms with Gasteiger partial charge >= 0.3 is 0 Å². The first kappa shape index (κ1) is 16.6. The SMILES string of the molecule is NS(=O)(=O)c1cc(C(=O)N2CCCCC2c2ccccc2)ccn1. The highest BCUT2D eigenvalue weighted by molar-refractivity contribution is 7.89. The van der Waals surface area contributed by atoms with Gasteiger partial charge in [-0.05, 0) is 37.0 Å². The van der Waals surface area contributed by atoms with Crippen molar-refractivity contribution in [2.75, 3.05) is 6.54 Å². The Hall–Kier alpha value is -2.25. The van der Waals surface area contributed by atoms with Crippen molar-refractivity contribution in [1.82, 2.24) is 9.88 Å². The fraction of sp³-hybridized carbons (Fsp3) is 0.294. The van der Waals surface area contributed by atoms with E-state index in [4.69, 9.17) is 5.14 Å². The molecular formula is C17H19N3O3S. The van der Waals surface area contributed by atoms with E-state index in [1.54, 1.807) is 4.90 Å². The van der Waals surface area contributed by atoms with E-state index >= 15 is 0 Å². The number of sulfonamides is 1. The lowest BCUT2D eigenvalue weighted by Gasteiger charge is -2.36. The van der Waals surface area contributed by atoms with Crippen molar-refractivity contribution in [2.45, 2.75) is 30.3 Å². The first-order valence-corrected chi connectivity index (χ1v) is 9.36. The van der Waals surface area contributed by atoms with Crippen molar-refractivity contribution in [1.29, 1.82) is 0 Å². The molecule has 0 aliphatic carbocycles. The lowest BCUT2D eigenvalue weighted by atomic mass is 9.94. The van der Waals surface area contributed by atoms with Crippen LogP contribution in [0.1, 0.15) is 41.2 Å². The summed E-state index contributed by atoms with van der Waals surface area (Å²) in [6, 6.07) is 12.6. The highest BCUT2D eigenvalue weighted by Crippen LogP contribution is 2.32. The number of benzene rings is 1. The van der Waals surface area contributed by atoms with E-state index in [0.717, 1.165) is 24.8 Å². The molecule has 0 radical (unpaired) electrons. The van der Waals surface area contributed by atoms with Crippen LogP contribution in [-0.2, 0) is 10.0 Å². The van der Waals surface area contributed by atoms with E-state index in [1.807, 2.05) is 30.3 Å². The number of nitrogens with two attached hydrogens (primary N) is 1. The molecule has 1 unspecified atom stereocenters. The number of rotatable bonds is 3. The third-order valence-corrected chi connectivity index (χ3v) is 5.03. The topological polar surface area (TPSA) is 93.4 Å². The molecule has 1 aliphatic rings. The zero-order valence-electron chi connectivity index (χ0n) is 13.1. The molecule has 1 saturated heterocycles. The van der Waals surface area contributed by atoms with E-state index in [1.165, 1.54) is 18.3 Å². The second-order valence-corrected chi connectivity index (χ2v) is 7.36. The van der Waals surface area contributed by atoms with E-state index in [9.17, 15) is 13.2 Å². The number of amides is 1. The molecule has 0 spiro atoms. The van der Waals surface area contributed by atoms with Crippen LogP contribution in [0.3, 0.4) is 0 Å². The van der Waals surface area contributed by atoms with Crippen LogP contribution < -0.4 is 5.14 Å². The Labute approximate surface area is 141 Å². The summed E-state index contributed by atoms with van der Waals surface area (Å²) < 4.78 is 22.9. The third-order valence-electron chi connectivity index (χ3n) is 4.22. The van der Waals surface area contributed by atoms with E-state index in [-0.39, 0.29) is 22.5 Å². The van der Waals surface area contributed by atoms with E-state index in [2.05, 4.69) is 4.98 Å². The van der Waals surface area contributed by atoms with E-state index in [0.29, 0.717) is 6.54 Å². The second-order valence-electron chi connectivity index (χ2n) is 5.85. The maximum atomic E-state index is 12.9. The summed E-state index contributed by atoms with van der Waals surface area (Å²) in [6.07, 6.45) is 4.18. The molecule has 1 atom stereocenters. The summed E-state index contributed by atoms with van der Waals surface area (Å²) in [6.45, 7) is 0.644. The molecule has 0 saturated carbocycles. The number of carbonyl (C=O) groups is 1. The molecule has 126 valence electrons. The van der Waals surface area contributed by atoms with Crippen LogP contribution in [0.4, 0.5) is 0 Å². The first-order chi connectivity index (χ1) is 11.5. The second kappa shape index (κ2) is 6.70. The van der Waals surface area contributed by atoms with Crippen molar-refractivity contribution in [3.05, 3.63) is 59.8 Å². The van der Waals surface area contributed by atoms with Gasteiger partial charge in [-0.1, -0.05) is 30.3 Å². The Morgan fingerprint density at radius 1 is 1.17 bits per heavy atom. The lowest BCUT2D eigenvalue weighted by Crippen LogP contribution is -2.38. The Kier molecular flexibility index (Phi) is 4.64. The number of nitrogens with zero attached hydrogens (tertiary/aromatic N) is 2. The number of likely N-dealkylation sites (tertiary alicyclic amines) is 1. The Morgan fingerprint density at radius 2 is 1.92 bits per heavy atom. The van der Waals surface area contributed by atoms with Gasteiger partial charge in [-0.25, -0.2) is 18.5 Å². The van der Waals surface area contributed by atoms with Gasteiger partial charge in [0.1, 0.15) is 0 Å². The number of primary sulfonamides is 1. The summed E-state index contributed by atoms with van der Waals surface area (Å²) in [5.41, 5.74) is 1.38. The maximum absolute atomic E-state index is 12.9. The zero-order valence-corrected chi connectivity index (χ0v) is 13.9. The van der Waals surface area contributed by atoms with Crippen molar-refractivity contribution < 1.29 is 13.2 Å². The molecule has 24 heavy (non-hydrogen) atoms. The predicted molar refractivity (Wildman–Crippen MR) is 89.7 cm³/mol. The highest BCUT2D eigenvalue weighted by Gasteiger charge is 2.29. The van der Waals surface area contributed by atoms with Crippen molar-refractivity contribution in [3.8, 4) is 0 Å². The number of hydrogen-bond acceptors (Lipinski definition) is 4. The molecule has 3 rings (SSSR count). The molecule has 1 fully saturated rings. The van der Waals surface area contributed by atoms with Gasteiger partial charge in [0, 0.05) is 18.3 Å². The van der Waals surface area contributed by atoms with Gasteiger partial charge in [0.05, 0.1) is 6.04 Å². The molecule has 2 N–H and O–H groups in total. The van der Waals surface area contributed by atoms with E-state index < -0.39 is 10.0 Å². The van der Waals surface area contributed by atoms with Gasteiger partial charge in [-0.3, -0.25) is 4.79 Å². The van der Waals surface area contributed by atoms with Crippen LogP contribution in [0, 0.1) is 0 Å². The molecule has 1 amide bonds. The molecule has 0 bridgehead atoms. The fourth-order valence-corrected chi connectivity index (χ4v) is 3.56. The van der Waals surface area contributed by atoms with Gasteiger partial charge in [0.15, 0.2) is 5.03 Å². The number of carbonyl (C=O) groups excluding carboxylic acids is 1. The Balaban J connectivity index is 1.93. The maximum Gasteiger partial charge on any atom is 0.255 e. The summed E-state index contributed by atoms with van der Waals surface area (Å²) in [7, 11) is -3.94. The number of piperidine rings is 1. The molecular weight excluding hydrogens is 326 g/mol. The van der Waals surface area contributed by atoms with Crippen LogP contribution >= 0.6 is 0 Å². The van der Waals surface area contributed by atoms with Crippen molar-refractivity contribution >= 4 is 15.9 Å². The van der Waals surface area contributed by atoms with Crippen molar-refractivity contribution in [2.24, 2.45) is 5.14 Å². The largest absolute Gasteiger partial charge is 0.332 e. The average Bonchev–Trinajstić information content (AvgIpc) is 2.61. The summed E-state index contributed by atoms with van der Waals surface area (Å²) >= 11 is 0. The number of aromatic nitrogens is 1. The Morgan fingerprint density at radius 3 is 2.62 bits per heavy atom. The predicted octanol–water partition coefficient (Wildman–Crippen LogP) is 2.10. The minimum atomic E-state index is -3.94. The summed E-state index contributed by atoms with van der Waals surface area (Å²) in [5, 5.41) is 4.82. The molecule has 2 aromatic rings. The zero-order chi connectivity index (χ0) is 17.2.